The fraction of sp³-hybridized carbons (Fsp3) is 0.278. The van der Waals surface area contributed by atoms with Gasteiger partial charge in [0.25, 0.3) is 0 Å². The number of hydrogen-bond acceptors (Lipinski definition) is 6. The Balaban J connectivity index is 1.36. The summed E-state index contributed by atoms with van der Waals surface area (Å²) in [5.41, 5.74) is 1.03. The number of rotatable bonds is 4. The lowest BCUT2D eigenvalue weighted by Gasteiger charge is -2.34. The molecule has 26 heavy (non-hydrogen) atoms. The van der Waals surface area contributed by atoms with Crippen LogP contribution in [0, 0.1) is 5.82 Å². The second kappa shape index (κ2) is 7.55. The average molecular weight is 390 g/mol. The Morgan fingerprint density at radius 2 is 1.69 bits per heavy atom. The molecule has 1 saturated heterocycles. The molecular formula is C18H17ClFN5S. The predicted molar refractivity (Wildman–Crippen MR) is 103 cm³/mol. The molecule has 0 aliphatic carbocycles. The maximum Gasteiger partial charge on any atom is 0.208 e. The molecule has 1 aliphatic rings. The smallest absolute Gasteiger partial charge is 0.208 e. The van der Waals surface area contributed by atoms with Gasteiger partial charge in [-0.05, 0) is 29.8 Å². The Morgan fingerprint density at radius 3 is 2.38 bits per heavy atom. The van der Waals surface area contributed by atoms with E-state index in [0.717, 1.165) is 47.7 Å². The van der Waals surface area contributed by atoms with E-state index in [1.807, 2.05) is 12.1 Å². The van der Waals surface area contributed by atoms with Crippen LogP contribution in [0.4, 0.5) is 15.3 Å². The zero-order chi connectivity index (χ0) is 17.9. The minimum Gasteiger partial charge on any atom is -0.353 e. The molecule has 0 N–H and O–H groups in total. The van der Waals surface area contributed by atoms with Gasteiger partial charge in [0.15, 0.2) is 0 Å². The van der Waals surface area contributed by atoms with Crippen molar-refractivity contribution in [3.05, 3.63) is 64.0 Å². The number of piperazine rings is 1. The van der Waals surface area contributed by atoms with E-state index in [2.05, 4.69) is 25.0 Å². The number of nitrogens with zero attached hydrogens (tertiary/aromatic N) is 5. The molecule has 1 aliphatic heterocycles. The molecule has 0 saturated carbocycles. The summed E-state index contributed by atoms with van der Waals surface area (Å²) in [5, 5.41) is 11.1. The molecule has 0 unspecified atom stereocenters. The summed E-state index contributed by atoms with van der Waals surface area (Å²) in [5.74, 6) is 0.725. The number of benzene rings is 1. The Bertz CT molecular complexity index is 860. The summed E-state index contributed by atoms with van der Waals surface area (Å²) in [6, 6.07) is 10.3. The summed E-state index contributed by atoms with van der Waals surface area (Å²) in [4.78, 5) is 8.87. The molecule has 0 radical (unpaired) electrons. The van der Waals surface area contributed by atoms with E-state index in [4.69, 9.17) is 11.6 Å². The highest BCUT2D eigenvalue weighted by molar-refractivity contribution is 7.15. The molecule has 5 nitrogen and oxygen atoms in total. The quantitative estimate of drug-likeness (QED) is 0.681. The third-order valence-electron chi connectivity index (χ3n) is 4.31. The summed E-state index contributed by atoms with van der Waals surface area (Å²) in [6.07, 6.45) is 2.35. The van der Waals surface area contributed by atoms with Gasteiger partial charge in [-0.15, -0.1) is 10.2 Å². The van der Waals surface area contributed by atoms with Crippen LogP contribution in [0.3, 0.4) is 0 Å². The SMILES string of the molecule is Fc1ccc(Cc2nnc(N3CCN(c4ccc(Cl)cn4)CC3)s2)cc1. The highest BCUT2D eigenvalue weighted by Gasteiger charge is 2.21. The number of halogens is 2. The number of anilines is 2. The lowest BCUT2D eigenvalue weighted by molar-refractivity contribution is 0.627. The monoisotopic (exact) mass is 389 g/mol. The lowest BCUT2D eigenvalue weighted by Crippen LogP contribution is -2.46. The Hall–Kier alpha value is -2.25. The fourth-order valence-electron chi connectivity index (χ4n) is 2.90. The third kappa shape index (κ3) is 3.94. The van der Waals surface area contributed by atoms with Crippen LogP contribution in [0.25, 0.3) is 0 Å². The third-order valence-corrected chi connectivity index (χ3v) is 5.52. The molecule has 0 bridgehead atoms. The van der Waals surface area contributed by atoms with Gasteiger partial charge in [-0.1, -0.05) is 35.1 Å². The topological polar surface area (TPSA) is 45.2 Å². The van der Waals surface area contributed by atoms with Gasteiger partial charge < -0.3 is 9.80 Å². The summed E-state index contributed by atoms with van der Waals surface area (Å²) >= 11 is 7.50. The van der Waals surface area contributed by atoms with Crippen LogP contribution in [0.2, 0.25) is 5.02 Å². The van der Waals surface area contributed by atoms with Gasteiger partial charge in [0, 0.05) is 38.8 Å². The van der Waals surface area contributed by atoms with Crippen LogP contribution in [0.5, 0.6) is 0 Å². The van der Waals surface area contributed by atoms with Crippen molar-refractivity contribution in [1.29, 1.82) is 0 Å². The van der Waals surface area contributed by atoms with E-state index in [1.54, 1.807) is 29.7 Å². The maximum atomic E-state index is 13.0. The molecule has 3 heterocycles. The molecule has 0 amide bonds. The molecule has 1 fully saturated rings. The molecule has 8 heteroatoms. The van der Waals surface area contributed by atoms with Gasteiger partial charge in [0.2, 0.25) is 5.13 Å². The minimum atomic E-state index is -0.222. The van der Waals surface area contributed by atoms with Crippen molar-refractivity contribution in [3.8, 4) is 0 Å². The largest absolute Gasteiger partial charge is 0.353 e. The summed E-state index contributed by atoms with van der Waals surface area (Å²) < 4.78 is 13.0. The molecule has 0 spiro atoms. The first-order valence-electron chi connectivity index (χ1n) is 8.36. The highest BCUT2D eigenvalue weighted by Crippen LogP contribution is 2.25. The summed E-state index contributed by atoms with van der Waals surface area (Å²) in [7, 11) is 0. The first kappa shape index (κ1) is 17.2. The van der Waals surface area contributed by atoms with Crippen LogP contribution < -0.4 is 9.80 Å². The van der Waals surface area contributed by atoms with E-state index in [1.165, 1.54) is 12.1 Å². The van der Waals surface area contributed by atoms with Gasteiger partial charge in [0.05, 0.1) is 5.02 Å². The van der Waals surface area contributed by atoms with E-state index >= 15 is 0 Å². The van der Waals surface area contributed by atoms with Gasteiger partial charge in [-0.25, -0.2) is 9.37 Å². The Morgan fingerprint density at radius 1 is 0.962 bits per heavy atom. The number of aromatic nitrogens is 3. The van der Waals surface area contributed by atoms with Crippen molar-refractivity contribution in [2.24, 2.45) is 0 Å². The molecule has 134 valence electrons. The van der Waals surface area contributed by atoms with Crippen molar-refractivity contribution in [1.82, 2.24) is 15.2 Å². The number of hydrogen-bond donors (Lipinski definition) is 0. The number of pyridine rings is 1. The minimum absolute atomic E-state index is 0.222. The summed E-state index contributed by atoms with van der Waals surface area (Å²) in [6.45, 7) is 3.49. The highest BCUT2D eigenvalue weighted by atomic mass is 35.5. The van der Waals surface area contributed by atoms with E-state index in [0.29, 0.717) is 11.4 Å². The average Bonchev–Trinajstić information content (AvgIpc) is 3.13. The van der Waals surface area contributed by atoms with Crippen LogP contribution in [-0.2, 0) is 6.42 Å². The standard InChI is InChI=1S/C18H17ClFN5S/c19-14-3-6-16(21-12-14)24-7-9-25(10-8-24)18-23-22-17(26-18)11-13-1-4-15(20)5-2-13/h1-6,12H,7-11H2. The molecule has 4 rings (SSSR count). The van der Waals surface area contributed by atoms with Crippen LogP contribution in [-0.4, -0.2) is 41.4 Å². The second-order valence-corrected chi connectivity index (χ2v) is 7.57. The van der Waals surface area contributed by atoms with E-state index < -0.39 is 0 Å². The van der Waals surface area contributed by atoms with Crippen molar-refractivity contribution >= 4 is 33.9 Å². The Kier molecular flexibility index (Phi) is 4.99. The van der Waals surface area contributed by atoms with Gasteiger partial charge in [-0.3, -0.25) is 0 Å². The van der Waals surface area contributed by atoms with Crippen molar-refractivity contribution in [2.75, 3.05) is 36.0 Å². The van der Waals surface area contributed by atoms with E-state index in [-0.39, 0.29) is 5.82 Å². The fourth-order valence-corrected chi connectivity index (χ4v) is 3.94. The molecule has 1 aromatic carbocycles. The maximum absolute atomic E-state index is 13.0. The van der Waals surface area contributed by atoms with Crippen LogP contribution in [0.1, 0.15) is 10.6 Å². The van der Waals surface area contributed by atoms with Crippen molar-refractivity contribution in [3.63, 3.8) is 0 Å². The van der Waals surface area contributed by atoms with Crippen molar-refractivity contribution in [2.45, 2.75) is 6.42 Å². The first-order chi connectivity index (χ1) is 12.7. The molecule has 2 aromatic heterocycles. The van der Waals surface area contributed by atoms with Gasteiger partial charge >= 0.3 is 0 Å². The van der Waals surface area contributed by atoms with E-state index in [9.17, 15) is 4.39 Å². The molecule has 0 atom stereocenters. The van der Waals surface area contributed by atoms with Crippen LogP contribution in [0.15, 0.2) is 42.6 Å². The van der Waals surface area contributed by atoms with Gasteiger partial charge in [-0.2, -0.15) is 0 Å². The zero-order valence-electron chi connectivity index (χ0n) is 14.0. The molecular weight excluding hydrogens is 373 g/mol. The second-order valence-electron chi connectivity index (χ2n) is 6.09. The van der Waals surface area contributed by atoms with Gasteiger partial charge in [0.1, 0.15) is 16.6 Å². The first-order valence-corrected chi connectivity index (χ1v) is 9.55. The zero-order valence-corrected chi connectivity index (χ0v) is 15.5. The Labute approximate surface area is 160 Å². The van der Waals surface area contributed by atoms with Crippen LogP contribution >= 0.6 is 22.9 Å². The molecule has 3 aromatic rings. The predicted octanol–water partition coefficient (Wildman–Crippen LogP) is 3.64. The normalized spacial score (nSPS) is 14.7. The van der Waals surface area contributed by atoms with Crippen molar-refractivity contribution < 1.29 is 4.39 Å². The lowest BCUT2D eigenvalue weighted by atomic mass is 10.2.